The van der Waals surface area contributed by atoms with Crippen molar-refractivity contribution in [2.24, 2.45) is 5.92 Å². The molecule has 0 aliphatic heterocycles. The van der Waals surface area contributed by atoms with Gasteiger partial charge in [-0.2, -0.15) is 11.8 Å². The summed E-state index contributed by atoms with van der Waals surface area (Å²) in [4.78, 5) is 16.6. The highest BCUT2D eigenvalue weighted by molar-refractivity contribution is 7.99. The van der Waals surface area contributed by atoms with Gasteiger partial charge >= 0.3 is 6.09 Å². The molecule has 1 aromatic rings. The molecule has 0 aromatic heterocycles. The molecule has 0 atom stereocenters. The summed E-state index contributed by atoms with van der Waals surface area (Å²) in [5, 5.41) is 0.636. The number of carbonyl (C=O) groups is 1. The predicted molar refractivity (Wildman–Crippen MR) is 116 cm³/mol. The van der Waals surface area contributed by atoms with Gasteiger partial charge in [0, 0.05) is 30.4 Å². The standard InChI is InChI=1S/C21H33ClN2O2S/c1-4-24(5-2)14-15-27-16-17-6-10-19(11-7-17)23(3)21(25)26-20-12-8-18(22)9-13-20/h8-9,12-13,17,19H,4-7,10-11,14-16H2,1-3H3. The quantitative estimate of drug-likeness (QED) is 0.508. The van der Waals surface area contributed by atoms with E-state index in [0.29, 0.717) is 10.8 Å². The van der Waals surface area contributed by atoms with Crippen molar-refractivity contribution in [2.45, 2.75) is 45.6 Å². The fraction of sp³-hybridized carbons (Fsp3) is 0.667. The fourth-order valence-electron chi connectivity index (χ4n) is 3.51. The molecule has 0 unspecified atom stereocenters. The average molecular weight is 413 g/mol. The number of amides is 1. The SMILES string of the molecule is CCN(CC)CCSCC1CCC(N(C)C(=O)Oc2ccc(Cl)cc2)CC1. The highest BCUT2D eigenvalue weighted by Crippen LogP contribution is 2.30. The predicted octanol–water partition coefficient (Wildman–Crippen LogP) is 5.40. The Hall–Kier alpha value is -0.910. The third kappa shape index (κ3) is 7.55. The molecule has 0 saturated heterocycles. The van der Waals surface area contributed by atoms with E-state index < -0.39 is 0 Å². The molecule has 0 N–H and O–H groups in total. The van der Waals surface area contributed by atoms with Crippen LogP contribution >= 0.6 is 23.4 Å². The lowest BCUT2D eigenvalue weighted by Gasteiger charge is -2.34. The second-order valence-corrected chi connectivity index (χ2v) is 8.80. The van der Waals surface area contributed by atoms with Crippen molar-refractivity contribution in [3.8, 4) is 5.75 Å². The van der Waals surface area contributed by atoms with E-state index in [9.17, 15) is 4.79 Å². The van der Waals surface area contributed by atoms with Crippen LogP contribution in [0, 0.1) is 5.92 Å². The van der Waals surface area contributed by atoms with Crippen LogP contribution in [0.5, 0.6) is 5.75 Å². The monoisotopic (exact) mass is 412 g/mol. The average Bonchev–Trinajstić information content (AvgIpc) is 2.69. The van der Waals surface area contributed by atoms with Gasteiger partial charge in [-0.1, -0.05) is 25.4 Å². The molecule has 1 aromatic carbocycles. The van der Waals surface area contributed by atoms with E-state index >= 15 is 0 Å². The minimum Gasteiger partial charge on any atom is -0.410 e. The van der Waals surface area contributed by atoms with Crippen LogP contribution in [0.2, 0.25) is 5.02 Å². The van der Waals surface area contributed by atoms with Crippen LogP contribution < -0.4 is 4.74 Å². The first-order valence-electron chi connectivity index (χ1n) is 10.0. The summed E-state index contributed by atoms with van der Waals surface area (Å²) in [6.45, 7) is 7.92. The van der Waals surface area contributed by atoms with Gasteiger partial charge in [-0.15, -0.1) is 0 Å². The van der Waals surface area contributed by atoms with Gasteiger partial charge in [0.05, 0.1) is 0 Å². The van der Waals surface area contributed by atoms with Crippen LogP contribution in [0.25, 0.3) is 0 Å². The zero-order valence-electron chi connectivity index (χ0n) is 16.8. The van der Waals surface area contributed by atoms with Gasteiger partial charge in [0.2, 0.25) is 0 Å². The summed E-state index contributed by atoms with van der Waals surface area (Å²) in [7, 11) is 1.85. The van der Waals surface area contributed by atoms with Crippen molar-refractivity contribution >= 4 is 29.5 Å². The summed E-state index contributed by atoms with van der Waals surface area (Å²) in [6.07, 6.45) is 4.23. The van der Waals surface area contributed by atoms with E-state index in [1.165, 1.54) is 30.9 Å². The topological polar surface area (TPSA) is 32.8 Å². The molecule has 1 amide bonds. The zero-order chi connectivity index (χ0) is 19.6. The fourth-order valence-corrected chi connectivity index (χ4v) is 4.85. The van der Waals surface area contributed by atoms with Crippen molar-refractivity contribution in [2.75, 3.05) is 38.2 Å². The van der Waals surface area contributed by atoms with Gasteiger partial charge in [0.15, 0.2) is 0 Å². The molecule has 6 heteroatoms. The summed E-state index contributed by atoms with van der Waals surface area (Å²) in [6, 6.07) is 7.18. The number of carbonyl (C=O) groups excluding carboxylic acids is 1. The molecule has 0 radical (unpaired) electrons. The molecule has 0 spiro atoms. The smallest absolute Gasteiger partial charge is 0.410 e. The van der Waals surface area contributed by atoms with Crippen molar-refractivity contribution in [3.05, 3.63) is 29.3 Å². The first-order valence-corrected chi connectivity index (χ1v) is 11.6. The maximum atomic E-state index is 12.4. The Bertz CT molecular complexity index is 558. The van der Waals surface area contributed by atoms with Gasteiger partial charge < -0.3 is 14.5 Å². The minimum atomic E-state index is -0.283. The van der Waals surface area contributed by atoms with E-state index in [1.807, 2.05) is 7.05 Å². The summed E-state index contributed by atoms with van der Waals surface area (Å²) >= 11 is 7.95. The molecule has 1 aliphatic rings. The van der Waals surface area contributed by atoms with Crippen LogP contribution in [-0.2, 0) is 0 Å². The van der Waals surface area contributed by atoms with E-state index in [1.54, 1.807) is 29.2 Å². The minimum absolute atomic E-state index is 0.279. The lowest BCUT2D eigenvalue weighted by molar-refractivity contribution is 0.127. The van der Waals surface area contributed by atoms with Crippen LogP contribution in [0.1, 0.15) is 39.5 Å². The number of hydrogen-bond donors (Lipinski definition) is 0. The van der Waals surface area contributed by atoms with Crippen molar-refractivity contribution in [1.82, 2.24) is 9.80 Å². The zero-order valence-corrected chi connectivity index (χ0v) is 18.4. The second kappa shape index (κ2) is 11.8. The van der Waals surface area contributed by atoms with Gasteiger partial charge in [-0.05, 0) is 74.7 Å². The van der Waals surface area contributed by atoms with Gasteiger partial charge in [-0.3, -0.25) is 0 Å². The first kappa shape index (κ1) is 22.4. The number of benzene rings is 1. The third-order valence-corrected chi connectivity index (χ3v) is 6.90. The maximum absolute atomic E-state index is 12.4. The van der Waals surface area contributed by atoms with Crippen LogP contribution in [0.3, 0.4) is 0 Å². The Morgan fingerprint density at radius 1 is 1.15 bits per heavy atom. The molecule has 1 fully saturated rings. The first-order chi connectivity index (χ1) is 13.0. The molecule has 0 heterocycles. The molecule has 2 rings (SSSR count). The van der Waals surface area contributed by atoms with Crippen LogP contribution in [0.15, 0.2) is 24.3 Å². The van der Waals surface area contributed by atoms with Crippen molar-refractivity contribution in [3.63, 3.8) is 0 Å². The molecule has 4 nitrogen and oxygen atoms in total. The molecule has 1 saturated carbocycles. The summed E-state index contributed by atoms with van der Waals surface area (Å²) in [5.74, 6) is 3.78. The highest BCUT2D eigenvalue weighted by Gasteiger charge is 2.27. The van der Waals surface area contributed by atoms with E-state index in [-0.39, 0.29) is 12.1 Å². The Kier molecular flexibility index (Phi) is 9.80. The van der Waals surface area contributed by atoms with Gasteiger partial charge in [0.1, 0.15) is 5.75 Å². The van der Waals surface area contributed by atoms with E-state index in [2.05, 4.69) is 30.5 Å². The summed E-state index contributed by atoms with van der Waals surface area (Å²) in [5.41, 5.74) is 0. The van der Waals surface area contributed by atoms with Crippen molar-refractivity contribution < 1.29 is 9.53 Å². The molecule has 0 bridgehead atoms. The molecule has 27 heavy (non-hydrogen) atoms. The Morgan fingerprint density at radius 3 is 2.37 bits per heavy atom. The van der Waals surface area contributed by atoms with Crippen LogP contribution in [0.4, 0.5) is 4.79 Å². The molecular weight excluding hydrogens is 380 g/mol. The number of nitrogens with zero attached hydrogens (tertiary/aromatic N) is 2. The second-order valence-electron chi connectivity index (χ2n) is 7.21. The Balaban J connectivity index is 1.66. The number of rotatable bonds is 9. The van der Waals surface area contributed by atoms with Gasteiger partial charge in [0.25, 0.3) is 0 Å². The van der Waals surface area contributed by atoms with Crippen molar-refractivity contribution in [1.29, 1.82) is 0 Å². The molecule has 152 valence electrons. The number of halogens is 1. The summed E-state index contributed by atoms with van der Waals surface area (Å²) < 4.78 is 5.45. The van der Waals surface area contributed by atoms with Gasteiger partial charge in [-0.25, -0.2) is 4.79 Å². The normalized spacial score (nSPS) is 19.9. The molecular formula is C21H33ClN2O2S. The van der Waals surface area contributed by atoms with E-state index in [4.69, 9.17) is 16.3 Å². The Labute approximate surface area is 173 Å². The third-order valence-electron chi connectivity index (χ3n) is 5.47. The Morgan fingerprint density at radius 2 is 1.78 bits per heavy atom. The number of hydrogen-bond acceptors (Lipinski definition) is 4. The lowest BCUT2D eigenvalue weighted by Crippen LogP contribution is -2.41. The number of thioether (sulfide) groups is 1. The maximum Gasteiger partial charge on any atom is 0.415 e. The largest absolute Gasteiger partial charge is 0.415 e. The number of ether oxygens (including phenoxy) is 1. The molecule has 1 aliphatic carbocycles. The van der Waals surface area contributed by atoms with Crippen LogP contribution in [-0.4, -0.2) is 60.1 Å². The van der Waals surface area contributed by atoms with E-state index in [0.717, 1.165) is 31.8 Å². The highest BCUT2D eigenvalue weighted by atomic mass is 35.5. The lowest BCUT2D eigenvalue weighted by atomic mass is 9.87.